The van der Waals surface area contributed by atoms with E-state index < -0.39 is 6.04 Å². The van der Waals surface area contributed by atoms with Gasteiger partial charge in [0, 0.05) is 18.7 Å². The molecule has 1 amide bonds. The minimum atomic E-state index is -0.527. The molecule has 7 nitrogen and oxygen atoms in total. The van der Waals surface area contributed by atoms with Crippen LogP contribution < -0.4 is 5.32 Å². The number of aromatic nitrogens is 4. The molecule has 0 radical (unpaired) electrons. The molecule has 1 aromatic heterocycles. The summed E-state index contributed by atoms with van der Waals surface area (Å²) in [4.78, 5) is 13.5. The van der Waals surface area contributed by atoms with Crippen LogP contribution in [0.2, 0.25) is 0 Å². The summed E-state index contributed by atoms with van der Waals surface area (Å²) in [5.41, 5.74) is 0.747. The van der Waals surface area contributed by atoms with Gasteiger partial charge in [-0.2, -0.15) is 4.80 Å². The molecule has 0 saturated carbocycles. The zero-order valence-corrected chi connectivity index (χ0v) is 14.4. The Labute approximate surface area is 142 Å². The zero-order chi connectivity index (χ0) is 17.6. The van der Waals surface area contributed by atoms with Crippen molar-refractivity contribution in [2.24, 2.45) is 5.41 Å². The summed E-state index contributed by atoms with van der Waals surface area (Å²) < 4.78 is 0. The van der Waals surface area contributed by atoms with Crippen molar-refractivity contribution >= 4 is 5.91 Å². The lowest BCUT2D eigenvalue weighted by molar-refractivity contribution is -0.124. The molecule has 2 rings (SSSR count). The number of aliphatic hydroxyl groups is 1. The minimum absolute atomic E-state index is 0.117. The number of carbonyl (C=O) groups is 1. The quantitative estimate of drug-likeness (QED) is 0.720. The van der Waals surface area contributed by atoms with Crippen molar-refractivity contribution in [2.75, 3.05) is 13.2 Å². The fourth-order valence-corrected chi connectivity index (χ4v) is 2.20. The van der Waals surface area contributed by atoms with Gasteiger partial charge in [-0.1, -0.05) is 44.2 Å². The minimum Gasteiger partial charge on any atom is -0.396 e. The van der Waals surface area contributed by atoms with E-state index in [1.54, 1.807) is 6.92 Å². The second-order valence-corrected chi connectivity index (χ2v) is 6.69. The number of aliphatic hydroxyl groups excluding tert-OH is 1. The molecule has 2 N–H and O–H groups in total. The van der Waals surface area contributed by atoms with Gasteiger partial charge >= 0.3 is 0 Å². The Morgan fingerprint density at radius 2 is 2.04 bits per heavy atom. The van der Waals surface area contributed by atoms with Crippen LogP contribution in [0.1, 0.15) is 39.7 Å². The van der Waals surface area contributed by atoms with E-state index in [0.29, 0.717) is 12.4 Å². The highest BCUT2D eigenvalue weighted by molar-refractivity contribution is 5.79. The molecule has 1 atom stereocenters. The van der Waals surface area contributed by atoms with Gasteiger partial charge in [-0.3, -0.25) is 4.79 Å². The first-order chi connectivity index (χ1) is 11.4. The Kier molecular flexibility index (Phi) is 6.03. The maximum atomic E-state index is 12.2. The molecule has 0 aliphatic carbocycles. The first-order valence-electron chi connectivity index (χ1n) is 8.16. The van der Waals surface area contributed by atoms with Crippen molar-refractivity contribution in [3.05, 3.63) is 30.3 Å². The monoisotopic (exact) mass is 331 g/mol. The van der Waals surface area contributed by atoms with Gasteiger partial charge in [0.25, 0.3) is 0 Å². The van der Waals surface area contributed by atoms with E-state index >= 15 is 0 Å². The number of amides is 1. The SMILES string of the molecule is CC(C(=O)NCCCC(C)(C)CO)n1nnc(-c2ccccc2)n1. The van der Waals surface area contributed by atoms with Crippen molar-refractivity contribution in [3.63, 3.8) is 0 Å². The maximum Gasteiger partial charge on any atom is 0.246 e. The second-order valence-electron chi connectivity index (χ2n) is 6.69. The van der Waals surface area contributed by atoms with E-state index in [0.717, 1.165) is 18.4 Å². The fourth-order valence-electron chi connectivity index (χ4n) is 2.20. The number of carbonyl (C=O) groups excluding carboxylic acids is 1. The molecule has 0 bridgehead atoms. The number of nitrogens with one attached hydrogen (secondary N) is 1. The summed E-state index contributed by atoms with van der Waals surface area (Å²) in [5.74, 6) is 0.355. The van der Waals surface area contributed by atoms with Crippen LogP contribution in [0.3, 0.4) is 0 Å². The lowest BCUT2D eigenvalue weighted by atomic mass is 9.89. The second kappa shape index (κ2) is 8.01. The lowest BCUT2D eigenvalue weighted by Gasteiger charge is -2.21. The van der Waals surface area contributed by atoms with Crippen LogP contribution in [-0.4, -0.2) is 44.4 Å². The van der Waals surface area contributed by atoms with Gasteiger partial charge in [0.2, 0.25) is 11.7 Å². The molecule has 0 fully saturated rings. The lowest BCUT2D eigenvalue weighted by Crippen LogP contribution is -2.33. The predicted molar refractivity (Wildman–Crippen MR) is 91.1 cm³/mol. The summed E-state index contributed by atoms with van der Waals surface area (Å²) in [7, 11) is 0. The summed E-state index contributed by atoms with van der Waals surface area (Å²) in [6.45, 7) is 6.45. The molecule has 24 heavy (non-hydrogen) atoms. The predicted octanol–water partition coefficient (Wildman–Crippen LogP) is 1.82. The van der Waals surface area contributed by atoms with E-state index in [4.69, 9.17) is 0 Å². The molecule has 1 unspecified atom stereocenters. The van der Waals surface area contributed by atoms with E-state index in [-0.39, 0.29) is 17.9 Å². The first-order valence-corrected chi connectivity index (χ1v) is 8.16. The molecule has 0 aliphatic heterocycles. The Bertz CT molecular complexity index is 654. The Morgan fingerprint density at radius 1 is 1.33 bits per heavy atom. The summed E-state index contributed by atoms with van der Waals surface area (Å²) in [6.07, 6.45) is 1.66. The molecule has 2 aromatic rings. The molecule has 130 valence electrons. The first kappa shape index (κ1) is 18.1. The Hall–Kier alpha value is -2.28. The van der Waals surface area contributed by atoms with E-state index in [9.17, 15) is 9.90 Å². The number of hydrogen-bond acceptors (Lipinski definition) is 5. The Balaban J connectivity index is 1.86. The van der Waals surface area contributed by atoms with Gasteiger partial charge < -0.3 is 10.4 Å². The van der Waals surface area contributed by atoms with Crippen molar-refractivity contribution in [1.82, 2.24) is 25.5 Å². The summed E-state index contributed by atoms with van der Waals surface area (Å²) >= 11 is 0. The zero-order valence-electron chi connectivity index (χ0n) is 14.4. The van der Waals surface area contributed by atoms with E-state index in [1.165, 1.54) is 4.80 Å². The molecule has 0 spiro atoms. The highest BCUT2D eigenvalue weighted by Gasteiger charge is 2.19. The number of benzene rings is 1. The number of nitrogens with zero attached hydrogens (tertiary/aromatic N) is 4. The fraction of sp³-hybridized carbons (Fsp3) is 0.529. The number of rotatable bonds is 8. The van der Waals surface area contributed by atoms with Crippen LogP contribution in [-0.2, 0) is 4.79 Å². The van der Waals surface area contributed by atoms with Gasteiger partial charge in [-0.05, 0) is 30.4 Å². The van der Waals surface area contributed by atoms with Crippen LogP contribution in [0.4, 0.5) is 0 Å². The van der Waals surface area contributed by atoms with Crippen molar-refractivity contribution in [1.29, 1.82) is 0 Å². The van der Waals surface area contributed by atoms with Gasteiger partial charge in [-0.25, -0.2) is 0 Å². The number of tetrazole rings is 1. The highest BCUT2D eigenvalue weighted by atomic mass is 16.3. The summed E-state index contributed by atoms with van der Waals surface area (Å²) in [5, 5.41) is 24.4. The average molecular weight is 331 g/mol. The topological polar surface area (TPSA) is 92.9 Å². The van der Waals surface area contributed by atoms with Gasteiger partial charge in [-0.15, -0.1) is 10.2 Å². The third-order valence-electron chi connectivity index (χ3n) is 3.94. The average Bonchev–Trinajstić information content (AvgIpc) is 3.08. The summed E-state index contributed by atoms with van der Waals surface area (Å²) in [6, 6.07) is 8.99. The highest BCUT2D eigenvalue weighted by Crippen LogP contribution is 2.20. The molecule has 0 aliphatic rings. The van der Waals surface area contributed by atoms with Crippen LogP contribution in [0, 0.1) is 5.41 Å². The molecular weight excluding hydrogens is 306 g/mol. The van der Waals surface area contributed by atoms with Crippen LogP contribution >= 0.6 is 0 Å². The van der Waals surface area contributed by atoms with Crippen molar-refractivity contribution < 1.29 is 9.90 Å². The Morgan fingerprint density at radius 3 is 2.71 bits per heavy atom. The van der Waals surface area contributed by atoms with E-state index in [1.807, 2.05) is 44.2 Å². The van der Waals surface area contributed by atoms with Gasteiger partial charge in [0.05, 0.1) is 0 Å². The van der Waals surface area contributed by atoms with Crippen LogP contribution in [0.25, 0.3) is 11.4 Å². The van der Waals surface area contributed by atoms with Crippen molar-refractivity contribution in [2.45, 2.75) is 39.7 Å². The standard InChI is InChI=1S/C17H25N5O2/c1-13(16(24)18-11-7-10-17(2,3)12-23)22-20-15(19-21-22)14-8-5-4-6-9-14/h4-6,8-9,13,23H,7,10-12H2,1-3H3,(H,18,24). The smallest absolute Gasteiger partial charge is 0.246 e. The molecule has 1 aromatic carbocycles. The van der Waals surface area contributed by atoms with Crippen LogP contribution in [0.5, 0.6) is 0 Å². The normalized spacial score (nSPS) is 12.8. The van der Waals surface area contributed by atoms with Gasteiger partial charge in [0.15, 0.2) is 0 Å². The third-order valence-corrected chi connectivity index (χ3v) is 3.94. The van der Waals surface area contributed by atoms with E-state index in [2.05, 4.69) is 20.7 Å². The molecule has 1 heterocycles. The van der Waals surface area contributed by atoms with Gasteiger partial charge in [0.1, 0.15) is 6.04 Å². The molecule has 0 saturated heterocycles. The maximum absolute atomic E-state index is 12.2. The molecule has 7 heteroatoms. The number of hydrogen-bond donors (Lipinski definition) is 2. The van der Waals surface area contributed by atoms with Crippen molar-refractivity contribution in [3.8, 4) is 11.4 Å². The third kappa shape index (κ3) is 4.86. The largest absolute Gasteiger partial charge is 0.396 e. The van der Waals surface area contributed by atoms with Crippen LogP contribution in [0.15, 0.2) is 30.3 Å². The molecular formula is C17H25N5O2.